The van der Waals surface area contributed by atoms with Crippen molar-refractivity contribution >= 4 is 22.6 Å². The minimum Gasteiger partial charge on any atom is -0.481 e. The molecule has 4 aromatic rings. The number of ether oxygens (including phenoxy) is 1. The van der Waals surface area contributed by atoms with E-state index in [0.717, 1.165) is 39.0 Å². The number of carbonyl (C=O) groups excluding carboxylic acids is 1. The molecule has 7 heteroatoms. The van der Waals surface area contributed by atoms with E-state index >= 15 is 0 Å². The molecule has 0 aliphatic heterocycles. The lowest BCUT2D eigenvalue weighted by molar-refractivity contribution is -0.111. The molecule has 0 atom stereocenters. The monoisotopic (exact) mass is 413 g/mol. The second kappa shape index (κ2) is 9.23. The summed E-state index contributed by atoms with van der Waals surface area (Å²) in [5.74, 6) is 0.406. The standard InChI is InChI=1S/C24H23N5O2/c1-25-10-4-7-22(30)29-19-6-3-5-16(11-19)18-12-20-21(15-28-24(20)27-14-18)17-8-9-23(31-2)26-13-17/h3-9,11-15,25H,10H2,1-2H3,(H,27,28)(H,29,30). The molecule has 1 amide bonds. The number of hydrogen-bond donors (Lipinski definition) is 3. The quantitative estimate of drug-likeness (QED) is 0.398. The first-order valence-corrected chi connectivity index (χ1v) is 9.88. The summed E-state index contributed by atoms with van der Waals surface area (Å²) in [6, 6.07) is 13.6. The third-order valence-corrected chi connectivity index (χ3v) is 4.84. The van der Waals surface area contributed by atoms with Crippen LogP contribution in [0.5, 0.6) is 5.88 Å². The van der Waals surface area contributed by atoms with Crippen LogP contribution < -0.4 is 15.4 Å². The number of carbonyl (C=O) groups is 1. The van der Waals surface area contributed by atoms with Crippen molar-refractivity contribution in [1.82, 2.24) is 20.3 Å². The van der Waals surface area contributed by atoms with E-state index in [1.807, 2.05) is 55.8 Å². The van der Waals surface area contributed by atoms with Gasteiger partial charge in [-0.2, -0.15) is 0 Å². The van der Waals surface area contributed by atoms with E-state index in [1.165, 1.54) is 6.08 Å². The lowest BCUT2D eigenvalue weighted by Crippen LogP contribution is -2.10. The van der Waals surface area contributed by atoms with Gasteiger partial charge in [0.2, 0.25) is 11.8 Å². The van der Waals surface area contributed by atoms with Gasteiger partial charge in [-0.05, 0) is 36.9 Å². The highest BCUT2D eigenvalue weighted by Crippen LogP contribution is 2.31. The van der Waals surface area contributed by atoms with Gasteiger partial charge in [0.05, 0.1) is 7.11 Å². The number of methoxy groups -OCH3 is 1. The molecule has 3 heterocycles. The van der Waals surface area contributed by atoms with Crippen molar-refractivity contribution in [2.45, 2.75) is 0 Å². The largest absolute Gasteiger partial charge is 0.481 e. The average molecular weight is 413 g/mol. The summed E-state index contributed by atoms with van der Waals surface area (Å²) in [4.78, 5) is 24.2. The topological polar surface area (TPSA) is 91.9 Å². The predicted molar refractivity (Wildman–Crippen MR) is 123 cm³/mol. The third kappa shape index (κ3) is 4.62. The van der Waals surface area contributed by atoms with Crippen LogP contribution in [0.15, 0.2) is 73.2 Å². The first-order valence-electron chi connectivity index (χ1n) is 9.88. The van der Waals surface area contributed by atoms with Crippen LogP contribution in [0.3, 0.4) is 0 Å². The third-order valence-electron chi connectivity index (χ3n) is 4.84. The number of rotatable bonds is 7. The van der Waals surface area contributed by atoms with Crippen molar-refractivity contribution in [2.75, 3.05) is 26.0 Å². The van der Waals surface area contributed by atoms with Crippen molar-refractivity contribution in [1.29, 1.82) is 0 Å². The zero-order valence-corrected chi connectivity index (χ0v) is 17.3. The van der Waals surface area contributed by atoms with Gasteiger partial charge in [-0.25, -0.2) is 9.97 Å². The molecule has 156 valence electrons. The van der Waals surface area contributed by atoms with Crippen LogP contribution in [0.25, 0.3) is 33.3 Å². The van der Waals surface area contributed by atoms with E-state index in [2.05, 4.69) is 31.7 Å². The van der Waals surface area contributed by atoms with Crippen LogP contribution in [-0.4, -0.2) is 41.6 Å². The van der Waals surface area contributed by atoms with Gasteiger partial charge >= 0.3 is 0 Å². The van der Waals surface area contributed by atoms with Gasteiger partial charge in [0.15, 0.2) is 0 Å². The minimum absolute atomic E-state index is 0.166. The molecule has 0 unspecified atom stereocenters. The smallest absolute Gasteiger partial charge is 0.248 e. The summed E-state index contributed by atoms with van der Waals surface area (Å²) in [6.45, 7) is 0.641. The molecule has 7 nitrogen and oxygen atoms in total. The molecule has 0 fully saturated rings. The number of likely N-dealkylation sites (N-methyl/N-ethyl adjacent to an activating group) is 1. The zero-order chi connectivity index (χ0) is 21.6. The normalized spacial score (nSPS) is 11.2. The van der Waals surface area contributed by atoms with Crippen LogP contribution in [0, 0.1) is 0 Å². The fourth-order valence-corrected chi connectivity index (χ4v) is 3.30. The highest BCUT2D eigenvalue weighted by molar-refractivity contribution is 6.00. The van der Waals surface area contributed by atoms with E-state index in [1.54, 1.807) is 19.4 Å². The average Bonchev–Trinajstić information content (AvgIpc) is 3.23. The zero-order valence-electron chi connectivity index (χ0n) is 17.3. The fourth-order valence-electron chi connectivity index (χ4n) is 3.30. The minimum atomic E-state index is -0.166. The summed E-state index contributed by atoms with van der Waals surface area (Å²) in [5, 5.41) is 6.85. The number of aromatic amines is 1. The summed E-state index contributed by atoms with van der Waals surface area (Å²) in [6.07, 6.45) is 8.83. The number of nitrogens with zero attached hydrogens (tertiary/aromatic N) is 2. The molecule has 0 radical (unpaired) electrons. The number of nitrogens with one attached hydrogen (secondary N) is 3. The molecule has 0 bridgehead atoms. The fraction of sp³-hybridized carbons (Fsp3) is 0.125. The van der Waals surface area contributed by atoms with Gasteiger partial charge in [-0.3, -0.25) is 4.79 Å². The van der Waals surface area contributed by atoms with Crippen molar-refractivity contribution in [3.8, 4) is 28.1 Å². The molecule has 0 saturated carbocycles. The maximum atomic E-state index is 12.1. The molecule has 3 aromatic heterocycles. The number of fused-ring (bicyclic) bond motifs is 1. The molecule has 4 rings (SSSR count). The highest BCUT2D eigenvalue weighted by Gasteiger charge is 2.10. The molecule has 0 aliphatic rings. The summed E-state index contributed by atoms with van der Waals surface area (Å²) < 4.78 is 5.15. The molecular weight excluding hydrogens is 390 g/mol. The van der Waals surface area contributed by atoms with Crippen LogP contribution in [0.2, 0.25) is 0 Å². The van der Waals surface area contributed by atoms with E-state index in [4.69, 9.17) is 4.74 Å². The van der Waals surface area contributed by atoms with Gasteiger partial charge in [0, 0.05) is 65.0 Å². The van der Waals surface area contributed by atoms with Gasteiger partial charge in [0.25, 0.3) is 0 Å². The van der Waals surface area contributed by atoms with E-state index < -0.39 is 0 Å². The van der Waals surface area contributed by atoms with Crippen molar-refractivity contribution < 1.29 is 9.53 Å². The molecule has 1 aromatic carbocycles. The predicted octanol–water partition coefficient (Wildman–Crippen LogP) is 4.01. The van der Waals surface area contributed by atoms with Gasteiger partial charge in [-0.1, -0.05) is 18.2 Å². The Balaban J connectivity index is 1.63. The number of hydrogen-bond acceptors (Lipinski definition) is 5. The first-order chi connectivity index (χ1) is 15.2. The second-order valence-corrected chi connectivity index (χ2v) is 6.94. The number of anilines is 1. The Morgan fingerprint density at radius 1 is 1.10 bits per heavy atom. The van der Waals surface area contributed by atoms with Crippen LogP contribution in [-0.2, 0) is 4.79 Å². The Morgan fingerprint density at radius 2 is 1.97 bits per heavy atom. The summed E-state index contributed by atoms with van der Waals surface area (Å²) in [5.41, 5.74) is 5.43. The van der Waals surface area contributed by atoms with Crippen LogP contribution in [0.1, 0.15) is 0 Å². The van der Waals surface area contributed by atoms with E-state index in [9.17, 15) is 4.79 Å². The second-order valence-electron chi connectivity index (χ2n) is 6.94. The Labute approximate surface area is 180 Å². The molecular formula is C24H23N5O2. The number of aromatic nitrogens is 3. The molecule has 0 aliphatic carbocycles. The number of benzene rings is 1. The number of pyridine rings is 2. The Morgan fingerprint density at radius 3 is 2.74 bits per heavy atom. The van der Waals surface area contributed by atoms with E-state index in [0.29, 0.717) is 12.4 Å². The molecule has 31 heavy (non-hydrogen) atoms. The van der Waals surface area contributed by atoms with Crippen molar-refractivity contribution in [3.05, 3.63) is 73.2 Å². The maximum Gasteiger partial charge on any atom is 0.248 e. The highest BCUT2D eigenvalue weighted by atomic mass is 16.5. The van der Waals surface area contributed by atoms with Gasteiger partial charge in [-0.15, -0.1) is 0 Å². The Bertz CT molecular complexity index is 1230. The Kier molecular flexibility index (Phi) is 6.05. The van der Waals surface area contributed by atoms with Crippen molar-refractivity contribution in [2.24, 2.45) is 0 Å². The van der Waals surface area contributed by atoms with Gasteiger partial charge in [0.1, 0.15) is 5.65 Å². The maximum absolute atomic E-state index is 12.1. The first kappa shape index (κ1) is 20.3. The van der Waals surface area contributed by atoms with Crippen LogP contribution >= 0.6 is 0 Å². The van der Waals surface area contributed by atoms with E-state index in [-0.39, 0.29) is 5.91 Å². The lowest BCUT2D eigenvalue weighted by Gasteiger charge is -2.07. The Hall–Kier alpha value is -3.97. The summed E-state index contributed by atoms with van der Waals surface area (Å²) >= 11 is 0. The number of amides is 1. The number of H-pyrrole nitrogens is 1. The molecule has 3 N–H and O–H groups in total. The van der Waals surface area contributed by atoms with Crippen molar-refractivity contribution in [3.63, 3.8) is 0 Å². The molecule has 0 spiro atoms. The lowest BCUT2D eigenvalue weighted by atomic mass is 10.0. The van der Waals surface area contributed by atoms with Crippen LogP contribution in [0.4, 0.5) is 5.69 Å². The SMILES string of the molecule is CNCC=CC(=O)Nc1cccc(-c2cnc3[nH]cc(-c4ccc(OC)nc4)c3c2)c1. The van der Waals surface area contributed by atoms with Gasteiger partial charge < -0.3 is 20.4 Å². The molecule has 0 saturated heterocycles. The summed E-state index contributed by atoms with van der Waals surface area (Å²) in [7, 11) is 3.43.